The first-order valence-corrected chi connectivity index (χ1v) is 4.36. The second-order valence-electron chi connectivity index (χ2n) is 4.38. The van der Waals surface area contributed by atoms with Crippen molar-refractivity contribution >= 4 is 0 Å². The van der Waals surface area contributed by atoms with Crippen LogP contribution in [-0.2, 0) is 0 Å². The van der Waals surface area contributed by atoms with Gasteiger partial charge in [-0.2, -0.15) is 0 Å². The van der Waals surface area contributed by atoms with Crippen LogP contribution in [0.4, 0.5) is 0 Å². The topological polar surface area (TPSA) is 12.0 Å². The maximum absolute atomic E-state index is 3.62. The molecule has 0 aliphatic heterocycles. The average Bonchev–Trinajstić information content (AvgIpc) is 2.12. The molecule has 1 rings (SSSR count). The minimum atomic E-state index is 0.314. The molecule has 1 nitrogen and oxygen atoms in total. The van der Waals surface area contributed by atoms with E-state index < -0.39 is 0 Å². The molecule has 0 saturated heterocycles. The minimum absolute atomic E-state index is 0.314. The number of hydrogen-bond acceptors (Lipinski definition) is 1. The lowest BCUT2D eigenvalue weighted by atomic mass is 10.1. The van der Waals surface area contributed by atoms with Crippen LogP contribution < -0.4 is 5.32 Å². The zero-order valence-electron chi connectivity index (χ0n) is 7.41. The fourth-order valence-corrected chi connectivity index (χ4v) is 1.68. The fraction of sp³-hybridized carbons (Fsp3) is 1.00. The Labute approximate surface area is 64.2 Å². The van der Waals surface area contributed by atoms with Gasteiger partial charge in [0, 0.05) is 11.6 Å². The zero-order chi connectivity index (χ0) is 7.61. The molecule has 0 radical (unpaired) electrons. The summed E-state index contributed by atoms with van der Waals surface area (Å²) in [5.41, 5.74) is 0.314. The van der Waals surface area contributed by atoms with E-state index in [0.29, 0.717) is 5.54 Å². The first kappa shape index (κ1) is 8.06. The van der Waals surface area contributed by atoms with E-state index in [0.717, 1.165) is 6.04 Å². The van der Waals surface area contributed by atoms with Crippen LogP contribution in [0.15, 0.2) is 0 Å². The number of nitrogens with one attached hydrogen (secondary N) is 1. The Balaban J connectivity index is 2.24. The van der Waals surface area contributed by atoms with Gasteiger partial charge in [-0.25, -0.2) is 0 Å². The largest absolute Gasteiger partial charge is 0.309 e. The summed E-state index contributed by atoms with van der Waals surface area (Å²) in [5, 5.41) is 3.62. The Morgan fingerprint density at radius 1 is 1.10 bits per heavy atom. The summed E-state index contributed by atoms with van der Waals surface area (Å²) >= 11 is 0. The average molecular weight is 141 g/mol. The molecule has 0 spiro atoms. The predicted molar refractivity (Wildman–Crippen MR) is 45.1 cm³/mol. The van der Waals surface area contributed by atoms with Crippen LogP contribution in [0.25, 0.3) is 0 Å². The summed E-state index contributed by atoms with van der Waals surface area (Å²) in [6.45, 7) is 6.72. The van der Waals surface area contributed by atoms with E-state index in [-0.39, 0.29) is 0 Å². The van der Waals surface area contributed by atoms with Gasteiger partial charge in [0.1, 0.15) is 0 Å². The van der Waals surface area contributed by atoms with Gasteiger partial charge in [0.05, 0.1) is 0 Å². The van der Waals surface area contributed by atoms with Crippen molar-refractivity contribution in [2.75, 3.05) is 0 Å². The third kappa shape index (κ3) is 2.70. The highest BCUT2D eigenvalue weighted by Gasteiger charge is 2.19. The monoisotopic (exact) mass is 141 g/mol. The predicted octanol–water partition coefficient (Wildman–Crippen LogP) is 2.32. The molecule has 1 heteroatoms. The normalized spacial score (nSPS) is 21.9. The maximum atomic E-state index is 3.62. The van der Waals surface area contributed by atoms with E-state index in [1.165, 1.54) is 25.7 Å². The van der Waals surface area contributed by atoms with E-state index in [9.17, 15) is 0 Å². The van der Waals surface area contributed by atoms with Crippen molar-refractivity contribution in [1.82, 2.24) is 5.32 Å². The first-order chi connectivity index (χ1) is 4.58. The molecule has 1 aliphatic carbocycles. The van der Waals surface area contributed by atoms with Crippen molar-refractivity contribution < 1.29 is 0 Å². The Morgan fingerprint density at radius 3 is 2.00 bits per heavy atom. The van der Waals surface area contributed by atoms with Gasteiger partial charge in [-0.3, -0.25) is 0 Å². The van der Waals surface area contributed by atoms with Gasteiger partial charge in [0.25, 0.3) is 0 Å². The van der Waals surface area contributed by atoms with Crippen LogP contribution in [-0.4, -0.2) is 11.6 Å². The van der Waals surface area contributed by atoms with Crippen LogP contribution in [0.5, 0.6) is 0 Å². The zero-order valence-corrected chi connectivity index (χ0v) is 7.41. The van der Waals surface area contributed by atoms with Gasteiger partial charge in [0.15, 0.2) is 0 Å². The highest BCUT2D eigenvalue weighted by atomic mass is 15.0. The van der Waals surface area contributed by atoms with Gasteiger partial charge in [-0.1, -0.05) is 12.8 Å². The number of rotatable bonds is 1. The summed E-state index contributed by atoms with van der Waals surface area (Å²) in [7, 11) is 0. The molecule has 1 saturated carbocycles. The Kier molecular flexibility index (Phi) is 2.35. The molecular formula is C9H19N. The van der Waals surface area contributed by atoms with Gasteiger partial charge < -0.3 is 5.32 Å². The Morgan fingerprint density at radius 2 is 1.60 bits per heavy atom. The second-order valence-corrected chi connectivity index (χ2v) is 4.38. The second kappa shape index (κ2) is 2.91. The van der Waals surface area contributed by atoms with Crippen molar-refractivity contribution in [1.29, 1.82) is 0 Å². The summed E-state index contributed by atoms with van der Waals surface area (Å²) in [5.74, 6) is 0. The molecule has 0 aromatic carbocycles. The molecule has 0 bridgehead atoms. The smallest absolute Gasteiger partial charge is 0.00990 e. The molecule has 1 N–H and O–H groups in total. The van der Waals surface area contributed by atoms with Crippen molar-refractivity contribution in [2.45, 2.75) is 58.0 Å². The molecule has 0 heterocycles. The third-order valence-electron chi connectivity index (χ3n) is 1.99. The Hall–Kier alpha value is -0.0400. The van der Waals surface area contributed by atoms with Crippen LogP contribution in [0, 0.1) is 0 Å². The molecule has 0 aromatic rings. The molecular weight excluding hydrogens is 122 g/mol. The summed E-state index contributed by atoms with van der Waals surface area (Å²) < 4.78 is 0. The Bertz CT molecular complexity index is 95.8. The third-order valence-corrected chi connectivity index (χ3v) is 1.99. The molecule has 0 aromatic heterocycles. The van der Waals surface area contributed by atoms with Crippen LogP contribution in [0.1, 0.15) is 46.5 Å². The first-order valence-electron chi connectivity index (χ1n) is 4.36. The van der Waals surface area contributed by atoms with Crippen molar-refractivity contribution in [2.24, 2.45) is 0 Å². The van der Waals surface area contributed by atoms with Crippen molar-refractivity contribution in [3.63, 3.8) is 0 Å². The van der Waals surface area contributed by atoms with Gasteiger partial charge in [-0.05, 0) is 33.6 Å². The van der Waals surface area contributed by atoms with Gasteiger partial charge in [0.2, 0.25) is 0 Å². The molecule has 1 aliphatic rings. The molecule has 10 heavy (non-hydrogen) atoms. The molecule has 0 unspecified atom stereocenters. The van der Waals surface area contributed by atoms with E-state index in [1.807, 2.05) is 0 Å². The SMILES string of the molecule is CC(C)(C)NC1CCCC1. The van der Waals surface area contributed by atoms with E-state index in [2.05, 4.69) is 26.1 Å². The maximum Gasteiger partial charge on any atom is 0.00990 e. The van der Waals surface area contributed by atoms with E-state index in [1.54, 1.807) is 0 Å². The number of hydrogen-bond donors (Lipinski definition) is 1. The molecule has 1 fully saturated rings. The van der Waals surface area contributed by atoms with Crippen molar-refractivity contribution in [3.8, 4) is 0 Å². The highest BCUT2D eigenvalue weighted by Crippen LogP contribution is 2.19. The summed E-state index contributed by atoms with van der Waals surface area (Å²) in [6, 6.07) is 0.806. The van der Waals surface area contributed by atoms with Gasteiger partial charge >= 0.3 is 0 Å². The summed E-state index contributed by atoms with van der Waals surface area (Å²) in [4.78, 5) is 0. The van der Waals surface area contributed by atoms with Crippen LogP contribution in [0.2, 0.25) is 0 Å². The molecule has 0 atom stereocenters. The molecule has 60 valence electrons. The lowest BCUT2D eigenvalue weighted by Crippen LogP contribution is -2.42. The molecule has 0 amide bonds. The van der Waals surface area contributed by atoms with Crippen LogP contribution >= 0.6 is 0 Å². The lowest BCUT2D eigenvalue weighted by molar-refractivity contribution is 0.361. The standard InChI is InChI=1S/C9H19N/c1-9(2,3)10-8-6-4-5-7-8/h8,10H,4-7H2,1-3H3. The van der Waals surface area contributed by atoms with E-state index in [4.69, 9.17) is 0 Å². The van der Waals surface area contributed by atoms with Gasteiger partial charge in [-0.15, -0.1) is 0 Å². The quantitative estimate of drug-likeness (QED) is 0.591. The van der Waals surface area contributed by atoms with E-state index >= 15 is 0 Å². The summed E-state index contributed by atoms with van der Waals surface area (Å²) in [6.07, 6.45) is 5.62. The minimum Gasteiger partial charge on any atom is -0.309 e. The van der Waals surface area contributed by atoms with Crippen LogP contribution in [0.3, 0.4) is 0 Å². The lowest BCUT2D eigenvalue weighted by Gasteiger charge is -2.25. The highest BCUT2D eigenvalue weighted by molar-refractivity contribution is 4.81. The fourth-order valence-electron chi connectivity index (χ4n) is 1.68. The van der Waals surface area contributed by atoms with Crippen molar-refractivity contribution in [3.05, 3.63) is 0 Å².